The summed E-state index contributed by atoms with van der Waals surface area (Å²) in [5, 5.41) is 13.0. The molecule has 0 aliphatic heterocycles. The number of hydrogen-bond donors (Lipinski definition) is 2. The molecule has 2 rings (SSSR count). The van der Waals surface area contributed by atoms with Crippen LogP contribution in [0.5, 0.6) is 0 Å². The number of nitrogens with one attached hydrogen (secondary N) is 1. The molecule has 0 amide bonds. The minimum atomic E-state index is -0.235. The summed E-state index contributed by atoms with van der Waals surface area (Å²) in [5.41, 5.74) is 3.94. The first-order valence-corrected chi connectivity index (χ1v) is 7.28. The molecular weight excluding hydrogens is 236 g/mol. The molecule has 1 fully saturated rings. The Bertz CT molecular complexity index is 413. The van der Waals surface area contributed by atoms with Gasteiger partial charge in [0.15, 0.2) is 0 Å². The van der Waals surface area contributed by atoms with Gasteiger partial charge in [-0.25, -0.2) is 0 Å². The smallest absolute Gasteiger partial charge is 0.0528 e. The molecule has 106 valence electrons. The molecule has 1 unspecified atom stereocenters. The van der Waals surface area contributed by atoms with Crippen LogP contribution in [-0.4, -0.2) is 30.8 Å². The van der Waals surface area contributed by atoms with E-state index in [9.17, 15) is 5.11 Å². The van der Waals surface area contributed by atoms with Gasteiger partial charge in [-0.1, -0.05) is 17.7 Å². The van der Waals surface area contributed by atoms with Crippen molar-refractivity contribution in [1.82, 2.24) is 5.32 Å². The monoisotopic (exact) mass is 262 g/mol. The van der Waals surface area contributed by atoms with E-state index in [0.29, 0.717) is 0 Å². The number of aliphatic hydroxyl groups is 1. The highest BCUT2D eigenvalue weighted by Gasteiger charge is 2.20. The zero-order valence-electron chi connectivity index (χ0n) is 12.3. The minimum Gasteiger partial charge on any atom is -0.393 e. The van der Waals surface area contributed by atoms with E-state index in [-0.39, 0.29) is 6.10 Å². The van der Waals surface area contributed by atoms with Gasteiger partial charge in [-0.2, -0.15) is 0 Å². The summed E-state index contributed by atoms with van der Waals surface area (Å²) in [6.45, 7) is 5.82. The van der Waals surface area contributed by atoms with Gasteiger partial charge in [0.25, 0.3) is 0 Å². The van der Waals surface area contributed by atoms with Crippen molar-refractivity contribution in [3.05, 3.63) is 29.3 Å². The fourth-order valence-electron chi connectivity index (χ4n) is 2.27. The Labute approximate surface area is 116 Å². The van der Waals surface area contributed by atoms with Gasteiger partial charge in [0, 0.05) is 31.9 Å². The first-order valence-electron chi connectivity index (χ1n) is 7.28. The maximum absolute atomic E-state index is 9.41. The van der Waals surface area contributed by atoms with E-state index < -0.39 is 0 Å². The summed E-state index contributed by atoms with van der Waals surface area (Å²) in [7, 11) is 2.10. The largest absolute Gasteiger partial charge is 0.393 e. The van der Waals surface area contributed by atoms with Crippen LogP contribution in [0.3, 0.4) is 0 Å². The lowest BCUT2D eigenvalue weighted by Crippen LogP contribution is -2.24. The van der Waals surface area contributed by atoms with Crippen LogP contribution < -0.4 is 10.2 Å². The third-order valence-corrected chi connectivity index (χ3v) is 3.69. The van der Waals surface area contributed by atoms with Crippen molar-refractivity contribution in [2.75, 3.05) is 18.5 Å². The number of benzene rings is 1. The molecule has 3 nitrogen and oxygen atoms in total. The third-order valence-electron chi connectivity index (χ3n) is 3.69. The fraction of sp³-hybridized carbons (Fsp3) is 0.625. The van der Waals surface area contributed by atoms with Crippen LogP contribution in [0.15, 0.2) is 18.2 Å². The Morgan fingerprint density at radius 1 is 1.42 bits per heavy atom. The van der Waals surface area contributed by atoms with Crippen molar-refractivity contribution < 1.29 is 5.11 Å². The standard InChI is InChI=1S/C16H26N2O/c1-12-4-7-16(18(3)9-8-13(2)19)14(10-12)11-17-15-5-6-15/h4,7,10,13,15,17,19H,5-6,8-9,11H2,1-3H3. The number of hydrogen-bond acceptors (Lipinski definition) is 3. The van der Waals surface area contributed by atoms with Gasteiger partial charge in [-0.3, -0.25) is 0 Å². The lowest BCUT2D eigenvalue weighted by atomic mass is 10.1. The van der Waals surface area contributed by atoms with Crippen molar-refractivity contribution in [3.63, 3.8) is 0 Å². The van der Waals surface area contributed by atoms with Crippen molar-refractivity contribution in [1.29, 1.82) is 0 Å². The highest BCUT2D eigenvalue weighted by molar-refractivity contribution is 5.54. The molecule has 1 saturated carbocycles. The van der Waals surface area contributed by atoms with Crippen LogP contribution in [0.1, 0.15) is 37.3 Å². The van der Waals surface area contributed by atoms with E-state index in [1.165, 1.54) is 29.7 Å². The summed E-state index contributed by atoms with van der Waals surface area (Å²) in [5.74, 6) is 0. The molecular formula is C16H26N2O. The molecule has 0 bridgehead atoms. The molecule has 0 radical (unpaired) electrons. The number of rotatable bonds is 7. The molecule has 0 saturated heterocycles. The molecule has 1 aromatic rings. The van der Waals surface area contributed by atoms with Gasteiger partial charge in [-0.05, 0) is 44.7 Å². The second-order valence-electron chi connectivity index (χ2n) is 5.85. The summed E-state index contributed by atoms with van der Waals surface area (Å²) >= 11 is 0. The minimum absolute atomic E-state index is 0.235. The maximum Gasteiger partial charge on any atom is 0.0528 e. The topological polar surface area (TPSA) is 35.5 Å². The zero-order chi connectivity index (χ0) is 13.8. The molecule has 1 atom stereocenters. The van der Waals surface area contributed by atoms with Gasteiger partial charge < -0.3 is 15.3 Å². The summed E-state index contributed by atoms with van der Waals surface area (Å²) in [6, 6.07) is 7.36. The summed E-state index contributed by atoms with van der Waals surface area (Å²) in [6.07, 6.45) is 3.21. The predicted octanol–water partition coefficient (Wildman–Crippen LogP) is 2.45. The molecule has 2 N–H and O–H groups in total. The van der Waals surface area contributed by atoms with E-state index in [2.05, 4.69) is 42.4 Å². The molecule has 0 aromatic heterocycles. The van der Waals surface area contributed by atoms with Gasteiger partial charge in [0.05, 0.1) is 6.10 Å². The van der Waals surface area contributed by atoms with Gasteiger partial charge in [0.2, 0.25) is 0 Å². The van der Waals surface area contributed by atoms with E-state index in [4.69, 9.17) is 0 Å². The van der Waals surface area contributed by atoms with Crippen LogP contribution in [0.2, 0.25) is 0 Å². The average molecular weight is 262 g/mol. The zero-order valence-corrected chi connectivity index (χ0v) is 12.3. The first kappa shape index (κ1) is 14.4. The molecule has 0 spiro atoms. The van der Waals surface area contributed by atoms with Crippen molar-refractivity contribution in [2.24, 2.45) is 0 Å². The highest BCUT2D eigenvalue weighted by atomic mass is 16.3. The Hall–Kier alpha value is -1.06. The fourth-order valence-corrected chi connectivity index (χ4v) is 2.27. The Balaban J connectivity index is 2.03. The Kier molecular flexibility index (Phi) is 4.83. The quantitative estimate of drug-likeness (QED) is 0.792. The van der Waals surface area contributed by atoms with Crippen LogP contribution in [-0.2, 0) is 6.54 Å². The van der Waals surface area contributed by atoms with Gasteiger partial charge in [-0.15, -0.1) is 0 Å². The molecule has 1 aliphatic rings. The van der Waals surface area contributed by atoms with Crippen molar-refractivity contribution >= 4 is 5.69 Å². The van der Waals surface area contributed by atoms with Gasteiger partial charge >= 0.3 is 0 Å². The van der Waals surface area contributed by atoms with Crippen molar-refractivity contribution in [3.8, 4) is 0 Å². The van der Waals surface area contributed by atoms with E-state index in [1.807, 2.05) is 6.92 Å². The highest BCUT2D eigenvalue weighted by Crippen LogP contribution is 2.24. The summed E-state index contributed by atoms with van der Waals surface area (Å²) in [4.78, 5) is 2.25. The summed E-state index contributed by atoms with van der Waals surface area (Å²) < 4.78 is 0. The molecule has 3 heteroatoms. The molecule has 19 heavy (non-hydrogen) atoms. The Morgan fingerprint density at radius 3 is 2.79 bits per heavy atom. The second-order valence-corrected chi connectivity index (χ2v) is 5.85. The number of aliphatic hydroxyl groups excluding tert-OH is 1. The van der Waals surface area contributed by atoms with Crippen LogP contribution >= 0.6 is 0 Å². The van der Waals surface area contributed by atoms with Gasteiger partial charge in [0.1, 0.15) is 0 Å². The number of nitrogens with zero attached hydrogens (tertiary/aromatic N) is 1. The van der Waals surface area contributed by atoms with Crippen LogP contribution in [0.25, 0.3) is 0 Å². The molecule has 1 aliphatic carbocycles. The van der Waals surface area contributed by atoms with Crippen LogP contribution in [0.4, 0.5) is 5.69 Å². The average Bonchev–Trinajstić information content (AvgIpc) is 3.17. The molecule has 0 heterocycles. The predicted molar refractivity (Wildman–Crippen MR) is 80.6 cm³/mol. The lowest BCUT2D eigenvalue weighted by molar-refractivity contribution is 0.187. The number of aryl methyl sites for hydroxylation is 1. The van der Waals surface area contributed by atoms with Crippen molar-refractivity contribution in [2.45, 2.75) is 51.8 Å². The first-order chi connectivity index (χ1) is 9.06. The second kappa shape index (κ2) is 6.40. The normalized spacial score (nSPS) is 16.4. The van der Waals surface area contributed by atoms with E-state index in [1.54, 1.807) is 0 Å². The SMILES string of the molecule is Cc1ccc(N(C)CCC(C)O)c(CNC2CC2)c1. The third kappa shape index (κ3) is 4.51. The maximum atomic E-state index is 9.41. The van der Waals surface area contributed by atoms with E-state index in [0.717, 1.165) is 25.6 Å². The Morgan fingerprint density at radius 2 is 2.16 bits per heavy atom. The number of anilines is 1. The lowest BCUT2D eigenvalue weighted by Gasteiger charge is -2.24. The molecule has 1 aromatic carbocycles. The van der Waals surface area contributed by atoms with Crippen LogP contribution in [0, 0.1) is 6.92 Å². The van der Waals surface area contributed by atoms with E-state index >= 15 is 0 Å².